The van der Waals surface area contributed by atoms with E-state index in [0.29, 0.717) is 0 Å². The Morgan fingerprint density at radius 1 is 1.06 bits per heavy atom. The van der Waals surface area contributed by atoms with E-state index in [-0.39, 0.29) is 6.42 Å². The number of carbonyl (C=O) groups is 1. The summed E-state index contributed by atoms with van der Waals surface area (Å²) in [5, 5.41) is 7.99. The second-order valence-electron chi connectivity index (χ2n) is 3.23. The molecule has 0 bridgehead atoms. The second kappa shape index (κ2) is 23.6. The lowest BCUT2D eigenvalue weighted by molar-refractivity contribution is -0.136. The van der Waals surface area contributed by atoms with Crippen molar-refractivity contribution in [2.45, 2.75) is 60.3 Å². The molecule has 0 fully saturated rings. The van der Waals surface area contributed by atoms with Crippen molar-refractivity contribution in [3.05, 3.63) is 24.3 Å². The molecule has 96 valence electrons. The molecule has 2 heteroatoms. The van der Waals surface area contributed by atoms with E-state index in [1.165, 1.54) is 19.3 Å². The van der Waals surface area contributed by atoms with Gasteiger partial charge in [0, 0.05) is 0 Å². The zero-order valence-electron chi connectivity index (χ0n) is 11.5. The molecule has 1 N–H and O–H groups in total. The fourth-order valence-electron chi connectivity index (χ4n) is 0.552. The molecule has 0 aliphatic carbocycles. The fourth-order valence-corrected chi connectivity index (χ4v) is 0.552. The van der Waals surface area contributed by atoms with E-state index in [4.69, 9.17) is 5.11 Å². The number of carboxylic acid groups (broad SMARTS) is 1. The Hall–Kier alpha value is -1.05. The third kappa shape index (κ3) is 52.2. The van der Waals surface area contributed by atoms with Crippen LogP contribution in [0.3, 0.4) is 0 Å². The molecule has 16 heavy (non-hydrogen) atoms. The molecule has 0 aliphatic heterocycles. The van der Waals surface area contributed by atoms with Gasteiger partial charge in [0.15, 0.2) is 0 Å². The van der Waals surface area contributed by atoms with E-state index in [0.717, 1.165) is 0 Å². The van der Waals surface area contributed by atoms with Gasteiger partial charge in [-0.2, -0.15) is 0 Å². The summed E-state index contributed by atoms with van der Waals surface area (Å²) < 4.78 is 0. The molecule has 0 aromatic heterocycles. The highest BCUT2D eigenvalue weighted by atomic mass is 16.4. The average Bonchev–Trinajstić information content (AvgIpc) is 2.25. The summed E-state index contributed by atoms with van der Waals surface area (Å²) in [6.07, 6.45) is 11.5. The van der Waals surface area contributed by atoms with Crippen molar-refractivity contribution in [1.82, 2.24) is 0 Å². The summed E-state index contributed by atoms with van der Waals surface area (Å²) in [7, 11) is 0. The van der Waals surface area contributed by atoms with Gasteiger partial charge in [-0.15, -0.1) is 0 Å². The van der Waals surface area contributed by atoms with Crippen molar-refractivity contribution in [1.29, 1.82) is 0 Å². The van der Waals surface area contributed by atoms with Gasteiger partial charge in [-0.1, -0.05) is 57.9 Å². The first-order valence-corrected chi connectivity index (χ1v) is 6.04. The molecule has 0 atom stereocenters. The molecule has 2 nitrogen and oxygen atoms in total. The highest BCUT2D eigenvalue weighted by Gasteiger charge is 1.85. The van der Waals surface area contributed by atoms with Gasteiger partial charge < -0.3 is 5.11 Å². The van der Waals surface area contributed by atoms with Gasteiger partial charge in [-0.05, 0) is 20.3 Å². The summed E-state index contributed by atoms with van der Waals surface area (Å²) in [5.74, 6) is -0.780. The zero-order valence-corrected chi connectivity index (χ0v) is 11.5. The maximum absolute atomic E-state index is 9.71. The van der Waals surface area contributed by atoms with E-state index < -0.39 is 5.97 Å². The Kier molecular flexibility index (Phi) is 30.1. The lowest BCUT2D eigenvalue weighted by Crippen LogP contribution is -1.88. The molecule has 0 amide bonds. The lowest BCUT2D eigenvalue weighted by Gasteiger charge is -1.77. The van der Waals surface area contributed by atoms with Crippen LogP contribution in [-0.2, 0) is 4.79 Å². The molecular formula is C14H28O2. The van der Waals surface area contributed by atoms with E-state index in [1.807, 2.05) is 0 Å². The first kappa shape index (κ1) is 20.4. The molecule has 0 heterocycles. The van der Waals surface area contributed by atoms with E-state index in [9.17, 15) is 4.79 Å². The van der Waals surface area contributed by atoms with Crippen molar-refractivity contribution in [3.63, 3.8) is 0 Å². The minimum absolute atomic E-state index is 0.135. The Bertz CT molecular complexity index is 170. The molecule has 0 aromatic rings. The van der Waals surface area contributed by atoms with E-state index in [2.05, 4.69) is 39.8 Å². The highest BCUT2D eigenvalue weighted by molar-refractivity contribution is 5.68. The van der Waals surface area contributed by atoms with Crippen LogP contribution >= 0.6 is 0 Å². The highest BCUT2D eigenvalue weighted by Crippen LogP contribution is 1.85. The topological polar surface area (TPSA) is 37.3 Å². The van der Waals surface area contributed by atoms with Crippen LogP contribution in [0.15, 0.2) is 24.3 Å². The quantitative estimate of drug-likeness (QED) is 0.701. The van der Waals surface area contributed by atoms with Crippen LogP contribution in [0.4, 0.5) is 0 Å². The van der Waals surface area contributed by atoms with Crippen LogP contribution in [0.1, 0.15) is 60.3 Å². The summed E-state index contributed by atoms with van der Waals surface area (Å²) in [4.78, 5) is 9.71. The maximum atomic E-state index is 9.71. The van der Waals surface area contributed by atoms with Crippen LogP contribution in [-0.4, -0.2) is 11.1 Å². The van der Waals surface area contributed by atoms with Crippen LogP contribution in [0.5, 0.6) is 0 Å². The molecule has 0 aliphatic rings. The molecule has 0 spiro atoms. The van der Waals surface area contributed by atoms with Gasteiger partial charge in [0.25, 0.3) is 0 Å². The maximum Gasteiger partial charge on any atom is 0.307 e. The van der Waals surface area contributed by atoms with Crippen LogP contribution in [0, 0.1) is 0 Å². The van der Waals surface area contributed by atoms with Gasteiger partial charge in [0.05, 0.1) is 6.42 Å². The van der Waals surface area contributed by atoms with Crippen molar-refractivity contribution in [2.75, 3.05) is 0 Å². The Labute approximate surface area is 101 Å². The van der Waals surface area contributed by atoms with Gasteiger partial charge in [-0.25, -0.2) is 0 Å². The number of rotatable bonds is 4. The van der Waals surface area contributed by atoms with Crippen LogP contribution in [0.25, 0.3) is 0 Å². The predicted molar refractivity (Wildman–Crippen MR) is 72.8 cm³/mol. The first-order chi connectivity index (χ1) is 7.60. The predicted octanol–water partition coefficient (Wildman–Crippen LogP) is 4.82. The van der Waals surface area contributed by atoms with Gasteiger partial charge >= 0.3 is 5.97 Å². The van der Waals surface area contributed by atoms with Gasteiger partial charge in [0.1, 0.15) is 0 Å². The normalized spacial score (nSPS) is 9.31. The monoisotopic (exact) mass is 228 g/mol. The standard InChI is InChI=1S/C6H12.C5H8O2.C3H8/c1-3-5-6-4-2;1-2-3-4-5(6)7;1-3-2/h3,5H,4,6H2,1-2H3;2-3H,4H2,1H3,(H,6,7);3H2,1-2H3/b5-3-;3-2-;. The van der Waals surface area contributed by atoms with E-state index >= 15 is 0 Å². The molecule has 0 aromatic carbocycles. The van der Waals surface area contributed by atoms with Crippen molar-refractivity contribution in [2.24, 2.45) is 0 Å². The Balaban J connectivity index is -0.000000172. The van der Waals surface area contributed by atoms with Crippen LogP contribution in [0.2, 0.25) is 0 Å². The van der Waals surface area contributed by atoms with Crippen molar-refractivity contribution in [3.8, 4) is 0 Å². The molecule has 0 saturated carbocycles. The number of aliphatic carboxylic acids is 1. The van der Waals surface area contributed by atoms with Crippen molar-refractivity contribution >= 4 is 5.97 Å². The Morgan fingerprint density at radius 2 is 1.50 bits per heavy atom. The second-order valence-corrected chi connectivity index (χ2v) is 3.23. The largest absolute Gasteiger partial charge is 0.481 e. The summed E-state index contributed by atoms with van der Waals surface area (Å²) in [6.45, 7) is 10.3. The summed E-state index contributed by atoms with van der Waals surface area (Å²) in [6, 6.07) is 0. The zero-order chi connectivity index (χ0) is 13.2. The fraction of sp³-hybridized carbons (Fsp3) is 0.643. The number of hydrogen-bond donors (Lipinski definition) is 1. The average molecular weight is 228 g/mol. The SMILES string of the molecule is C/C=C\CC(=O)O.C/C=C\CCC.CCC. The minimum atomic E-state index is -0.780. The third-order valence-corrected chi connectivity index (χ3v) is 1.22. The number of unbranched alkanes of at least 4 members (excludes halogenated alkanes) is 1. The van der Waals surface area contributed by atoms with Crippen molar-refractivity contribution < 1.29 is 9.90 Å². The van der Waals surface area contributed by atoms with Gasteiger partial charge in [0.2, 0.25) is 0 Å². The van der Waals surface area contributed by atoms with Crippen LogP contribution < -0.4 is 0 Å². The van der Waals surface area contributed by atoms with E-state index in [1.54, 1.807) is 19.1 Å². The summed E-state index contributed by atoms with van der Waals surface area (Å²) >= 11 is 0. The van der Waals surface area contributed by atoms with Gasteiger partial charge in [-0.3, -0.25) is 4.79 Å². The molecule has 0 radical (unpaired) electrons. The number of allylic oxidation sites excluding steroid dienone is 3. The first-order valence-electron chi connectivity index (χ1n) is 6.04. The molecule has 0 saturated heterocycles. The molecular weight excluding hydrogens is 200 g/mol. The molecule has 0 rings (SSSR count). The number of hydrogen-bond acceptors (Lipinski definition) is 1. The summed E-state index contributed by atoms with van der Waals surface area (Å²) in [5.41, 5.74) is 0. The Morgan fingerprint density at radius 3 is 1.62 bits per heavy atom. The third-order valence-electron chi connectivity index (χ3n) is 1.22. The smallest absolute Gasteiger partial charge is 0.307 e. The number of carboxylic acids is 1. The minimum Gasteiger partial charge on any atom is -0.481 e. The molecule has 0 unspecified atom stereocenters. The lowest BCUT2D eigenvalue weighted by atomic mass is 10.3.